The molecular formula is C14H20N4O2. The summed E-state index contributed by atoms with van der Waals surface area (Å²) in [6.07, 6.45) is 1.83. The van der Waals surface area contributed by atoms with Gasteiger partial charge in [-0.25, -0.2) is 9.50 Å². The molecule has 20 heavy (non-hydrogen) atoms. The van der Waals surface area contributed by atoms with Crippen molar-refractivity contribution in [2.45, 2.75) is 33.7 Å². The van der Waals surface area contributed by atoms with E-state index in [0.29, 0.717) is 6.61 Å². The lowest BCUT2D eigenvalue weighted by molar-refractivity contribution is -0.142. The summed E-state index contributed by atoms with van der Waals surface area (Å²) in [6.45, 7) is 8.31. The maximum Gasteiger partial charge on any atom is 0.319 e. The van der Waals surface area contributed by atoms with Crippen molar-refractivity contribution in [1.29, 1.82) is 0 Å². The quantitative estimate of drug-likeness (QED) is 0.839. The van der Waals surface area contributed by atoms with Crippen LogP contribution in [0.1, 0.15) is 36.8 Å². The fourth-order valence-electron chi connectivity index (χ4n) is 2.16. The van der Waals surface area contributed by atoms with E-state index in [4.69, 9.17) is 4.74 Å². The van der Waals surface area contributed by atoms with E-state index in [9.17, 15) is 4.79 Å². The number of nitrogens with zero attached hydrogens (tertiary/aromatic N) is 3. The minimum Gasteiger partial charge on any atom is -0.465 e. The summed E-state index contributed by atoms with van der Waals surface area (Å²) in [5, 5.41) is 7.56. The maximum atomic E-state index is 11.4. The highest BCUT2D eigenvalue weighted by molar-refractivity contribution is 5.71. The third kappa shape index (κ3) is 2.96. The Labute approximate surface area is 118 Å². The SMILES string of the molecule is CCOC(=O)CNC(C)c1cnc2cc(C)nn2c1C. The number of esters is 1. The number of hydrogen-bond donors (Lipinski definition) is 1. The Morgan fingerprint density at radius 3 is 2.95 bits per heavy atom. The predicted octanol–water partition coefficient (Wildman–Crippen LogP) is 1.56. The summed E-state index contributed by atoms with van der Waals surface area (Å²) in [6, 6.07) is 1.94. The minimum absolute atomic E-state index is 0.000752. The standard InChI is InChI=1S/C14H20N4O2/c1-5-20-14(19)8-15-10(3)12-7-16-13-6-9(2)17-18(13)11(12)4/h6-7,10,15H,5,8H2,1-4H3. The third-order valence-electron chi connectivity index (χ3n) is 3.21. The molecule has 1 unspecified atom stereocenters. The number of aromatic nitrogens is 3. The summed E-state index contributed by atoms with van der Waals surface area (Å²) in [5.41, 5.74) is 3.81. The molecule has 0 aromatic carbocycles. The summed E-state index contributed by atoms with van der Waals surface area (Å²) in [5.74, 6) is -0.249. The minimum atomic E-state index is -0.249. The van der Waals surface area contributed by atoms with Crippen LogP contribution in [0.3, 0.4) is 0 Å². The van der Waals surface area contributed by atoms with Crippen molar-refractivity contribution in [2.24, 2.45) is 0 Å². The van der Waals surface area contributed by atoms with Crippen molar-refractivity contribution in [3.63, 3.8) is 0 Å². The molecule has 0 bridgehead atoms. The van der Waals surface area contributed by atoms with E-state index in [0.717, 1.165) is 22.6 Å². The second-order valence-corrected chi connectivity index (χ2v) is 4.76. The van der Waals surface area contributed by atoms with Crippen LogP contribution in [-0.4, -0.2) is 33.7 Å². The van der Waals surface area contributed by atoms with E-state index < -0.39 is 0 Å². The lowest BCUT2D eigenvalue weighted by Gasteiger charge is -2.16. The van der Waals surface area contributed by atoms with Gasteiger partial charge in [-0.05, 0) is 27.7 Å². The van der Waals surface area contributed by atoms with Crippen LogP contribution in [0.4, 0.5) is 0 Å². The topological polar surface area (TPSA) is 68.5 Å². The molecule has 0 aliphatic heterocycles. The first-order valence-corrected chi connectivity index (χ1v) is 6.73. The van der Waals surface area contributed by atoms with E-state index >= 15 is 0 Å². The van der Waals surface area contributed by atoms with Crippen molar-refractivity contribution in [1.82, 2.24) is 19.9 Å². The molecule has 0 saturated heterocycles. The average molecular weight is 276 g/mol. The van der Waals surface area contributed by atoms with Crippen LogP contribution < -0.4 is 5.32 Å². The fourth-order valence-corrected chi connectivity index (χ4v) is 2.16. The summed E-state index contributed by atoms with van der Waals surface area (Å²) in [4.78, 5) is 15.8. The van der Waals surface area contributed by atoms with Crippen LogP contribution in [0.15, 0.2) is 12.3 Å². The number of carbonyl (C=O) groups excluding carboxylic acids is 1. The van der Waals surface area contributed by atoms with Crippen LogP contribution in [0.5, 0.6) is 0 Å². The lowest BCUT2D eigenvalue weighted by atomic mass is 10.1. The zero-order chi connectivity index (χ0) is 14.7. The molecule has 2 aromatic heterocycles. The van der Waals surface area contributed by atoms with Crippen molar-refractivity contribution in [2.75, 3.05) is 13.2 Å². The van der Waals surface area contributed by atoms with Crippen LogP contribution >= 0.6 is 0 Å². The zero-order valence-corrected chi connectivity index (χ0v) is 12.3. The first-order valence-electron chi connectivity index (χ1n) is 6.73. The third-order valence-corrected chi connectivity index (χ3v) is 3.21. The van der Waals surface area contributed by atoms with Gasteiger partial charge in [0.05, 0.1) is 18.8 Å². The normalized spacial score (nSPS) is 12.6. The molecule has 0 radical (unpaired) electrons. The van der Waals surface area contributed by atoms with Crippen molar-refractivity contribution < 1.29 is 9.53 Å². The molecule has 0 saturated carbocycles. The van der Waals surface area contributed by atoms with Gasteiger partial charge in [0.25, 0.3) is 0 Å². The smallest absolute Gasteiger partial charge is 0.319 e. The molecule has 0 aliphatic carbocycles. The Hall–Kier alpha value is -1.95. The number of rotatable bonds is 5. The van der Waals surface area contributed by atoms with Gasteiger partial charge in [-0.1, -0.05) is 0 Å². The molecule has 2 aromatic rings. The summed E-state index contributed by atoms with van der Waals surface area (Å²) < 4.78 is 6.72. The van der Waals surface area contributed by atoms with Crippen LogP contribution in [0, 0.1) is 13.8 Å². The molecule has 2 rings (SSSR count). The summed E-state index contributed by atoms with van der Waals surface area (Å²) in [7, 11) is 0. The molecule has 0 aliphatic rings. The first kappa shape index (κ1) is 14.5. The average Bonchev–Trinajstić information content (AvgIpc) is 2.78. The van der Waals surface area contributed by atoms with E-state index in [2.05, 4.69) is 15.4 Å². The fraction of sp³-hybridized carbons (Fsp3) is 0.500. The van der Waals surface area contributed by atoms with Gasteiger partial charge in [-0.15, -0.1) is 0 Å². The van der Waals surface area contributed by atoms with Gasteiger partial charge in [-0.2, -0.15) is 5.10 Å². The van der Waals surface area contributed by atoms with Gasteiger partial charge in [0.15, 0.2) is 5.65 Å². The summed E-state index contributed by atoms with van der Waals surface area (Å²) >= 11 is 0. The Morgan fingerprint density at radius 2 is 2.25 bits per heavy atom. The van der Waals surface area contributed by atoms with E-state index in [1.54, 1.807) is 6.92 Å². The van der Waals surface area contributed by atoms with Gasteiger partial charge in [-0.3, -0.25) is 4.79 Å². The Balaban J connectivity index is 2.15. The van der Waals surface area contributed by atoms with Crippen molar-refractivity contribution in [3.05, 3.63) is 29.2 Å². The number of hydrogen-bond acceptors (Lipinski definition) is 5. The molecule has 0 fully saturated rings. The van der Waals surface area contributed by atoms with Gasteiger partial charge < -0.3 is 10.1 Å². The monoisotopic (exact) mass is 276 g/mol. The Bertz CT molecular complexity index is 621. The molecule has 108 valence electrons. The molecule has 0 spiro atoms. The molecule has 6 nitrogen and oxygen atoms in total. The Morgan fingerprint density at radius 1 is 1.50 bits per heavy atom. The van der Waals surface area contributed by atoms with Gasteiger partial charge in [0.1, 0.15) is 0 Å². The predicted molar refractivity (Wildman–Crippen MR) is 75.5 cm³/mol. The maximum absolute atomic E-state index is 11.4. The van der Waals surface area contributed by atoms with Crippen LogP contribution in [-0.2, 0) is 9.53 Å². The number of nitrogens with one attached hydrogen (secondary N) is 1. The molecule has 1 N–H and O–H groups in total. The van der Waals surface area contributed by atoms with Gasteiger partial charge in [0, 0.05) is 29.6 Å². The Kier molecular flexibility index (Phi) is 4.34. The number of ether oxygens (including phenoxy) is 1. The van der Waals surface area contributed by atoms with Crippen molar-refractivity contribution in [3.8, 4) is 0 Å². The van der Waals surface area contributed by atoms with E-state index in [-0.39, 0.29) is 18.6 Å². The first-order chi connectivity index (χ1) is 9.52. The van der Waals surface area contributed by atoms with Gasteiger partial charge in [0.2, 0.25) is 0 Å². The zero-order valence-electron chi connectivity index (χ0n) is 12.3. The second kappa shape index (κ2) is 6.00. The lowest BCUT2D eigenvalue weighted by Crippen LogP contribution is -2.28. The highest BCUT2D eigenvalue weighted by atomic mass is 16.5. The van der Waals surface area contributed by atoms with Crippen LogP contribution in [0.25, 0.3) is 5.65 Å². The molecule has 0 amide bonds. The van der Waals surface area contributed by atoms with Gasteiger partial charge >= 0.3 is 5.97 Å². The highest BCUT2D eigenvalue weighted by Crippen LogP contribution is 2.17. The van der Waals surface area contributed by atoms with Crippen molar-refractivity contribution >= 4 is 11.6 Å². The van der Waals surface area contributed by atoms with E-state index in [1.807, 2.05) is 37.5 Å². The number of carbonyl (C=O) groups is 1. The van der Waals surface area contributed by atoms with E-state index in [1.165, 1.54) is 0 Å². The number of aryl methyl sites for hydroxylation is 2. The molecule has 2 heterocycles. The molecular weight excluding hydrogens is 256 g/mol. The highest BCUT2D eigenvalue weighted by Gasteiger charge is 2.14. The molecule has 1 atom stereocenters. The largest absolute Gasteiger partial charge is 0.465 e. The number of fused-ring (bicyclic) bond motifs is 1. The van der Waals surface area contributed by atoms with Crippen LogP contribution in [0.2, 0.25) is 0 Å². The molecule has 6 heteroatoms. The second-order valence-electron chi connectivity index (χ2n) is 4.76.